The van der Waals surface area contributed by atoms with Crippen molar-refractivity contribution in [3.63, 3.8) is 0 Å². The number of hydrogen-bond donors (Lipinski definition) is 1. The summed E-state index contributed by atoms with van der Waals surface area (Å²) >= 11 is 1.38. The van der Waals surface area contributed by atoms with Gasteiger partial charge in [-0.2, -0.15) is 0 Å². The van der Waals surface area contributed by atoms with Crippen LogP contribution in [0.4, 0.5) is 5.13 Å². The fraction of sp³-hybridized carbons (Fsp3) is 0.312. The van der Waals surface area contributed by atoms with Gasteiger partial charge in [0.2, 0.25) is 5.13 Å². The van der Waals surface area contributed by atoms with E-state index in [0.29, 0.717) is 10.7 Å². The lowest BCUT2D eigenvalue weighted by molar-refractivity contribution is 0.102. The van der Waals surface area contributed by atoms with E-state index in [1.165, 1.54) is 11.3 Å². The predicted octanol–water partition coefficient (Wildman–Crippen LogP) is 3.13. The number of hydrogen-bond acceptors (Lipinski definition) is 5. The Hall–Kier alpha value is -2.25. The third-order valence-electron chi connectivity index (χ3n) is 4.04. The highest BCUT2D eigenvalue weighted by Crippen LogP contribution is 2.32. The number of ether oxygens (including phenoxy) is 1. The van der Waals surface area contributed by atoms with Crippen LogP contribution in [0.2, 0.25) is 0 Å². The van der Waals surface area contributed by atoms with Gasteiger partial charge in [0.25, 0.3) is 5.91 Å². The predicted molar refractivity (Wildman–Crippen MR) is 88.7 cm³/mol. The molecule has 6 nitrogen and oxygen atoms in total. The van der Waals surface area contributed by atoms with E-state index in [2.05, 4.69) is 15.5 Å². The number of nitrogens with one attached hydrogen (secondary N) is 1. The molecule has 0 bridgehead atoms. The first-order valence-corrected chi connectivity index (χ1v) is 8.34. The van der Waals surface area contributed by atoms with Crippen molar-refractivity contribution in [1.29, 1.82) is 0 Å². The Morgan fingerprint density at radius 3 is 3.13 bits per heavy atom. The van der Waals surface area contributed by atoms with Crippen LogP contribution in [0, 0.1) is 0 Å². The number of fused-ring (bicyclic) bond motifs is 1. The summed E-state index contributed by atoms with van der Waals surface area (Å²) in [5, 5.41) is 13.3. The van der Waals surface area contributed by atoms with Gasteiger partial charge in [-0.15, -0.1) is 10.2 Å². The van der Waals surface area contributed by atoms with Gasteiger partial charge in [-0.25, -0.2) is 0 Å². The van der Waals surface area contributed by atoms with Crippen LogP contribution in [0.1, 0.15) is 34.3 Å². The highest BCUT2D eigenvalue weighted by atomic mass is 32.1. The van der Waals surface area contributed by atoms with Gasteiger partial charge in [-0.1, -0.05) is 17.4 Å². The van der Waals surface area contributed by atoms with Gasteiger partial charge in [0.1, 0.15) is 11.1 Å². The number of rotatable bonds is 3. The molecule has 1 saturated heterocycles. The molecule has 7 heteroatoms. The lowest BCUT2D eigenvalue weighted by atomic mass is 10.1. The maximum atomic E-state index is 12.6. The first-order chi connectivity index (χ1) is 11.2. The second-order valence-corrected chi connectivity index (χ2v) is 6.58. The molecule has 1 aromatic carbocycles. The van der Waals surface area contributed by atoms with Gasteiger partial charge >= 0.3 is 0 Å². The molecule has 0 aliphatic carbocycles. The van der Waals surface area contributed by atoms with E-state index in [1.54, 1.807) is 0 Å². The molecule has 118 valence electrons. The molecule has 1 fully saturated rings. The molecule has 4 rings (SSSR count). The molecule has 0 radical (unpaired) electrons. The Labute approximate surface area is 137 Å². The van der Waals surface area contributed by atoms with Crippen molar-refractivity contribution in [2.24, 2.45) is 7.05 Å². The first-order valence-electron chi connectivity index (χ1n) is 7.53. The number of benzene rings is 1. The molecule has 0 spiro atoms. The number of carbonyl (C=O) groups excluding carboxylic acids is 1. The van der Waals surface area contributed by atoms with Gasteiger partial charge in [0.05, 0.1) is 0 Å². The molecule has 0 unspecified atom stereocenters. The van der Waals surface area contributed by atoms with Gasteiger partial charge in [0.15, 0.2) is 0 Å². The van der Waals surface area contributed by atoms with Gasteiger partial charge in [-0.3, -0.25) is 10.1 Å². The zero-order chi connectivity index (χ0) is 15.8. The van der Waals surface area contributed by atoms with Crippen LogP contribution < -0.4 is 5.32 Å². The van der Waals surface area contributed by atoms with Gasteiger partial charge in [0, 0.05) is 36.3 Å². The van der Waals surface area contributed by atoms with Crippen LogP contribution in [-0.4, -0.2) is 27.3 Å². The highest BCUT2D eigenvalue weighted by molar-refractivity contribution is 7.15. The third kappa shape index (κ3) is 2.62. The fourth-order valence-corrected chi connectivity index (χ4v) is 3.67. The maximum Gasteiger partial charge on any atom is 0.258 e. The monoisotopic (exact) mass is 328 g/mol. The summed E-state index contributed by atoms with van der Waals surface area (Å²) in [5.41, 5.74) is 1.66. The summed E-state index contributed by atoms with van der Waals surface area (Å²) in [7, 11) is 1.96. The lowest BCUT2D eigenvalue weighted by Crippen LogP contribution is -2.12. The molecular formula is C16H16N4O2S. The molecule has 1 aliphatic heterocycles. The Kier molecular flexibility index (Phi) is 3.59. The van der Waals surface area contributed by atoms with E-state index in [1.807, 2.05) is 42.1 Å². The largest absolute Gasteiger partial charge is 0.371 e. The number of nitrogens with zero attached hydrogens (tertiary/aromatic N) is 3. The van der Waals surface area contributed by atoms with E-state index in [-0.39, 0.29) is 12.0 Å². The quantitative estimate of drug-likeness (QED) is 0.802. The number of amides is 1. The molecule has 1 N–H and O–H groups in total. The second kappa shape index (κ2) is 5.75. The number of aromatic nitrogens is 3. The van der Waals surface area contributed by atoms with Crippen molar-refractivity contribution in [2.75, 3.05) is 11.9 Å². The third-order valence-corrected chi connectivity index (χ3v) is 4.97. The zero-order valence-electron chi connectivity index (χ0n) is 12.7. The van der Waals surface area contributed by atoms with E-state index < -0.39 is 0 Å². The summed E-state index contributed by atoms with van der Waals surface area (Å²) in [4.78, 5) is 12.6. The smallest absolute Gasteiger partial charge is 0.258 e. The normalized spacial score (nSPS) is 17.7. The van der Waals surface area contributed by atoms with Crippen molar-refractivity contribution in [3.05, 3.63) is 41.0 Å². The molecule has 2 aromatic heterocycles. The summed E-state index contributed by atoms with van der Waals surface area (Å²) in [6.07, 6.45) is 3.98. The van der Waals surface area contributed by atoms with Crippen LogP contribution in [-0.2, 0) is 11.8 Å². The Morgan fingerprint density at radius 1 is 1.39 bits per heavy atom. The van der Waals surface area contributed by atoms with Crippen LogP contribution in [0.3, 0.4) is 0 Å². The van der Waals surface area contributed by atoms with Crippen LogP contribution in [0.5, 0.6) is 0 Å². The van der Waals surface area contributed by atoms with Crippen molar-refractivity contribution in [2.45, 2.75) is 18.9 Å². The summed E-state index contributed by atoms with van der Waals surface area (Å²) < 4.78 is 7.59. The Morgan fingerprint density at radius 2 is 2.30 bits per heavy atom. The van der Waals surface area contributed by atoms with Crippen molar-refractivity contribution in [1.82, 2.24) is 14.8 Å². The van der Waals surface area contributed by atoms with Crippen LogP contribution in [0.25, 0.3) is 10.9 Å². The first kappa shape index (κ1) is 14.3. The molecule has 0 saturated carbocycles. The summed E-state index contributed by atoms with van der Waals surface area (Å²) in [6.45, 7) is 0.766. The van der Waals surface area contributed by atoms with E-state index in [0.717, 1.165) is 35.4 Å². The van der Waals surface area contributed by atoms with Gasteiger partial charge in [-0.05, 0) is 31.0 Å². The van der Waals surface area contributed by atoms with E-state index in [4.69, 9.17) is 4.74 Å². The molecule has 1 amide bonds. The Bertz CT molecular complexity index is 864. The average molecular weight is 328 g/mol. The molecule has 3 heterocycles. The van der Waals surface area contributed by atoms with Crippen LogP contribution >= 0.6 is 11.3 Å². The minimum atomic E-state index is -0.170. The maximum absolute atomic E-state index is 12.6. The molecule has 1 atom stereocenters. The topological polar surface area (TPSA) is 69.0 Å². The van der Waals surface area contributed by atoms with Crippen molar-refractivity contribution < 1.29 is 9.53 Å². The average Bonchev–Trinajstić information content (AvgIpc) is 3.28. The van der Waals surface area contributed by atoms with E-state index >= 15 is 0 Å². The molecular weight excluding hydrogens is 312 g/mol. The van der Waals surface area contributed by atoms with E-state index in [9.17, 15) is 4.79 Å². The van der Waals surface area contributed by atoms with Crippen molar-refractivity contribution >= 4 is 33.3 Å². The number of carbonyl (C=O) groups is 1. The molecule has 1 aliphatic rings. The SMILES string of the molecule is Cn1ccc2c(C(=O)Nc3nnc([C@@H]4CCCO4)s3)cccc21. The standard InChI is InChI=1S/C16H16N4O2S/c1-20-8-7-10-11(4-2-5-12(10)20)14(21)17-16-19-18-15(23-16)13-6-3-9-22-13/h2,4-5,7-8,13H,3,6,9H2,1H3,(H,17,19,21)/t13-/m0/s1. The number of aryl methyl sites for hydroxylation is 1. The summed E-state index contributed by atoms with van der Waals surface area (Å²) in [6, 6.07) is 7.64. The molecule has 3 aromatic rings. The van der Waals surface area contributed by atoms with Crippen LogP contribution in [0.15, 0.2) is 30.5 Å². The minimum Gasteiger partial charge on any atom is -0.371 e. The molecule has 23 heavy (non-hydrogen) atoms. The fourth-order valence-electron chi connectivity index (χ4n) is 2.85. The summed E-state index contributed by atoms with van der Waals surface area (Å²) in [5.74, 6) is -0.170. The second-order valence-electron chi connectivity index (χ2n) is 5.57. The Balaban J connectivity index is 1.57. The zero-order valence-corrected chi connectivity index (χ0v) is 13.5. The van der Waals surface area contributed by atoms with Crippen molar-refractivity contribution in [3.8, 4) is 0 Å². The van der Waals surface area contributed by atoms with Gasteiger partial charge < -0.3 is 9.30 Å². The number of anilines is 1. The lowest BCUT2D eigenvalue weighted by Gasteiger charge is -2.04. The highest BCUT2D eigenvalue weighted by Gasteiger charge is 2.22. The minimum absolute atomic E-state index is 0.0238.